The molecule has 2 amide bonds. The van der Waals surface area contributed by atoms with Crippen LogP contribution in [0.2, 0.25) is 0 Å². The molecule has 2 fully saturated rings. The summed E-state index contributed by atoms with van der Waals surface area (Å²) in [4.78, 5) is 50.4. The van der Waals surface area contributed by atoms with Gasteiger partial charge in [0.05, 0.1) is 5.52 Å². The number of hydrogen-bond donors (Lipinski definition) is 1. The molecule has 1 aliphatic carbocycles. The van der Waals surface area contributed by atoms with Gasteiger partial charge in [0.2, 0.25) is 11.8 Å². The van der Waals surface area contributed by atoms with Crippen molar-refractivity contribution in [2.24, 2.45) is 5.41 Å². The Labute approximate surface area is 249 Å². The van der Waals surface area contributed by atoms with Crippen LogP contribution in [0.5, 0.6) is 0 Å². The van der Waals surface area contributed by atoms with Gasteiger partial charge in [0.25, 0.3) is 0 Å². The van der Waals surface area contributed by atoms with Crippen LogP contribution in [0.3, 0.4) is 0 Å². The molecule has 43 heavy (non-hydrogen) atoms. The fraction of sp³-hybridized carbons (Fsp3) is 0.394. The third-order valence-electron chi connectivity index (χ3n) is 8.81. The molecule has 9 nitrogen and oxygen atoms in total. The van der Waals surface area contributed by atoms with Gasteiger partial charge in [0.15, 0.2) is 5.78 Å². The lowest BCUT2D eigenvalue weighted by Gasteiger charge is -2.28. The summed E-state index contributed by atoms with van der Waals surface area (Å²) < 4.78 is 15.2. The van der Waals surface area contributed by atoms with Crippen molar-refractivity contribution in [3.63, 3.8) is 0 Å². The molecule has 1 N–H and O–H groups in total. The van der Waals surface area contributed by atoms with Crippen LogP contribution in [0.25, 0.3) is 22.0 Å². The number of nitrogens with zero attached hydrogens (tertiary/aromatic N) is 5. The van der Waals surface area contributed by atoms with E-state index in [2.05, 4.69) is 27.3 Å². The highest BCUT2D eigenvalue weighted by molar-refractivity contribution is 6.07. The van der Waals surface area contributed by atoms with Gasteiger partial charge in [0.1, 0.15) is 29.9 Å². The summed E-state index contributed by atoms with van der Waals surface area (Å²) in [5, 5.41) is 8.30. The van der Waals surface area contributed by atoms with Crippen LogP contribution in [0.15, 0.2) is 48.8 Å². The summed E-state index contributed by atoms with van der Waals surface area (Å²) in [5.74, 6) is -0.265. The first kappa shape index (κ1) is 28.6. The Morgan fingerprint density at radius 2 is 1.84 bits per heavy atom. The predicted molar refractivity (Wildman–Crippen MR) is 160 cm³/mol. The molecular formula is C33H35FN6O3. The molecule has 10 heteroatoms. The largest absolute Gasteiger partial charge is 0.352 e. The summed E-state index contributed by atoms with van der Waals surface area (Å²) in [6.45, 7) is 9.11. The van der Waals surface area contributed by atoms with Gasteiger partial charge in [-0.25, -0.2) is 14.4 Å². The maximum Gasteiger partial charge on any atom is 0.245 e. The molecule has 6 rings (SSSR count). The van der Waals surface area contributed by atoms with Gasteiger partial charge in [-0.05, 0) is 86.4 Å². The number of rotatable bonds is 8. The first-order valence-corrected chi connectivity index (χ1v) is 14.6. The quantitative estimate of drug-likeness (QED) is 0.305. The number of nitrogens with one attached hydrogen (secondary N) is 1. The molecule has 2 aliphatic rings. The standard InChI is InChI=1S/C33H35FN6O3/c1-18-9-23(24-15-35-21(4)36-16-24)12-26-30(20(3)41)38-39(31(18)26)17-29(42)40-27(13-33(5)14-28(33)40)32(43)37-19(2)10-22-7-6-8-25(34)11-22/h6-9,11-12,15-16,19,27-28H,10,13-14,17H2,1-5H3,(H,37,43)/t19?,27-,28+,33-/m0/s1. The smallest absolute Gasteiger partial charge is 0.245 e. The summed E-state index contributed by atoms with van der Waals surface area (Å²) in [7, 11) is 0. The van der Waals surface area contributed by atoms with Crippen LogP contribution < -0.4 is 5.32 Å². The minimum absolute atomic E-state index is 0.0161. The number of hydrogen-bond acceptors (Lipinski definition) is 6. The highest BCUT2D eigenvalue weighted by atomic mass is 19.1. The molecule has 1 saturated heterocycles. The number of Topliss-reactive ketones (excluding diaryl/α,β-unsaturated/α-hetero) is 1. The Bertz CT molecular complexity index is 1770. The average molecular weight is 583 g/mol. The first-order valence-electron chi connectivity index (χ1n) is 14.6. The van der Waals surface area contributed by atoms with Gasteiger partial charge in [-0.3, -0.25) is 19.1 Å². The molecule has 222 valence electrons. The number of amides is 2. The molecule has 0 radical (unpaired) electrons. The molecule has 3 heterocycles. The maximum atomic E-state index is 13.9. The van der Waals surface area contributed by atoms with Crippen LogP contribution in [0, 0.1) is 25.1 Å². The lowest BCUT2D eigenvalue weighted by atomic mass is 10.0. The minimum atomic E-state index is -0.602. The van der Waals surface area contributed by atoms with E-state index in [1.54, 1.807) is 28.0 Å². The molecule has 4 atom stereocenters. The van der Waals surface area contributed by atoms with Gasteiger partial charge in [-0.15, -0.1) is 0 Å². The van der Waals surface area contributed by atoms with Crippen molar-refractivity contribution in [3.05, 3.63) is 77.3 Å². The van der Waals surface area contributed by atoms with Crippen LogP contribution in [0.1, 0.15) is 61.1 Å². The predicted octanol–water partition coefficient (Wildman–Crippen LogP) is 4.58. The van der Waals surface area contributed by atoms with E-state index < -0.39 is 6.04 Å². The van der Waals surface area contributed by atoms with E-state index in [0.717, 1.165) is 28.7 Å². The molecule has 4 aromatic rings. The lowest BCUT2D eigenvalue weighted by Crippen LogP contribution is -2.51. The summed E-state index contributed by atoms with van der Waals surface area (Å²) >= 11 is 0. The zero-order chi connectivity index (χ0) is 30.6. The molecule has 0 bridgehead atoms. The van der Waals surface area contributed by atoms with E-state index >= 15 is 0 Å². The van der Waals surface area contributed by atoms with E-state index in [0.29, 0.717) is 35.3 Å². The third kappa shape index (κ3) is 5.42. The van der Waals surface area contributed by atoms with Crippen molar-refractivity contribution >= 4 is 28.5 Å². The second-order valence-electron chi connectivity index (χ2n) is 12.4. The Morgan fingerprint density at radius 3 is 2.53 bits per heavy atom. The van der Waals surface area contributed by atoms with Gasteiger partial charge < -0.3 is 10.2 Å². The summed E-state index contributed by atoms with van der Waals surface area (Å²) in [5.41, 5.74) is 4.23. The second kappa shape index (κ2) is 10.7. The summed E-state index contributed by atoms with van der Waals surface area (Å²) in [6, 6.07) is 9.36. The molecular weight excluding hydrogens is 547 g/mol. The van der Waals surface area contributed by atoms with E-state index in [9.17, 15) is 18.8 Å². The Kier molecular flexibility index (Phi) is 7.10. The van der Waals surface area contributed by atoms with E-state index in [1.807, 2.05) is 39.0 Å². The summed E-state index contributed by atoms with van der Waals surface area (Å²) in [6.07, 6.45) is 5.40. The van der Waals surface area contributed by atoms with Crippen molar-refractivity contribution in [3.8, 4) is 11.1 Å². The highest BCUT2D eigenvalue weighted by Crippen LogP contribution is 2.59. The number of fused-ring (bicyclic) bond motifs is 2. The number of carbonyl (C=O) groups is 3. The van der Waals surface area contributed by atoms with Crippen molar-refractivity contribution in [1.82, 2.24) is 30.0 Å². The van der Waals surface area contributed by atoms with Gasteiger partial charge in [-0.2, -0.15) is 5.10 Å². The maximum absolute atomic E-state index is 13.9. The molecule has 0 spiro atoms. The van der Waals surface area contributed by atoms with E-state index in [1.165, 1.54) is 19.1 Å². The molecule has 1 unspecified atom stereocenters. The van der Waals surface area contributed by atoms with Crippen molar-refractivity contribution in [2.45, 2.75) is 78.6 Å². The number of likely N-dealkylation sites (tertiary alicyclic amines) is 1. The number of halogens is 1. The fourth-order valence-electron chi connectivity index (χ4n) is 6.59. The average Bonchev–Trinajstić information content (AvgIpc) is 3.29. The molecule has 2 aromatic carbocycles. The van der Waals surface area contributed by atoms with Crippen molar-refractivity contribution < 1.29 is 18.8 Å². The number of aromatic nitrogens is 4. The Hall–Kier alpha value is -4.47. The van der Waals surface area contributed by atoms with Gasteiger partial charge in [0, 0.05) is 42.4 Å². The number of piperidine rings is 1. The number of aryl methyl sites for hydroxylation is 2. The topological polar surface area (TPSA) is 110 Å². The molecule has 1 saturated carbocycles. The monoisotopic (exact) mass is 582 g/mol. The number of ketones is 1. The Morgan fingerprint density at radius 1 is 1.09 bits per heavy atom. The van der Waals surface area contributed by atoms with Crippen LogP contribution in [-0.2, 0) is 22.6 Å². The molecule has 2 aromatic heterocycles. The van der Waals surface area contributed by atoms with Crippen molar-refractivity contribution in [2.75, 3.05) is 0 Å². The van der Waals surface area contributed by atoms with E-state index in [-0.39, 0.29) is 47.5 Å². The van der Waals surface area contributed by atoms with Crippen LogP contribution >= 0.6 is 0 Å². The normalized spacial score (nSPS) is 21.5. The number of benzene rings is 2. The number of carbonyl (C=O) groups excluding carboxylic acids is 3. The second-order valence-corrected chi connectivity index (χ2v) is 12.4. The van der Waals surface area contributed by atoms with Crippen LogP contribution in [-0.4, -0.2) is 60.4 Å². The Balaban J connectivity index is 1.25. The minimum Gasteiger partial charge on any atom is -0.352 e. The van der Waals surface area contributed by atoms with E-state index in [4.69, 9.17) is 0 Å². The van der Waals surface area contributed by atoms with Crippen LogP contribution in [0.4, 0.5) is 4.39 Å². The zero-order valence-electron chi connectivity index (χ0n) is 25.0. The first-order chi connectivity index (χ1) is 20.4. The van der Waals surface area contributed by atoms with Gasteiger partial charge in [-0.1, -0.05) is 19.1 Å². The SMILES string of the molecule is CC(=O)c1nn(CC(=O)N2[C@H](C(=O)NC(C)Cc3cccc(F)c3)C[C@@]3(C)C[C@@H]23)c2c(C)cc(-c3cnc(C)nc3)cc12. The third-order valence-corrected chi connectivity index (χ3v) is 8.81. The van der Waals surface area contributed by atoms with Crippen molar-refractivity contribution in [1.29, 1.82) is 0 Å². The zero-order valence-corrected chi connectivity index (χ0v) is 25.0. The lowest BCUT2D eigenvalue weighted by molar-refractivity contribution is -0.140. The fourth-order valence-corrected chi connectivity index (χ4v) is 6.59. The molecule has 1 aliphatic heterocycles. The highest BCUT2D eigenvalue weighted by Gasteiger charge is 2.64. The van der Waals surface area contributed by atoms with Gasteiger partial charge >= 0.3 is 0 Å².